The van der Waals surface area contributed by atoms with Gasteiger partial charge in [0.2, 0.25) is 0 Å². The third kappa shape index (κ3) is 44.9. The molecule has 0 rings (SSSR count). The zero-order valence-electron chi connectivity index (χ0n) is 12.5. The van der Waals surface area contributed by atoms with Gasteiger partial charge >= 0.3 is 14.5 Å². The van der Waals surface area contributed by atoms with E-state index in [2.05, 4.69) is 27.7 Å². The number of hydrogen-bond acceptors (Lipinski definition) is 0. The first-order valence-corrected chi connectivity index (χ1v) is 9.77. The first-order valence-electron chi connectivity index (χ1n) is 6.31. The summed E-state index contributed by atoms with van der Waals surface area (Å²) in [6.45, 7) is 9.33. The summed E-state index contributed by atoms with van der Waals surface area (Å²) in [4.78, 5) is 0. The van der Waals surface area contributed by atoms with Gasteiger partial charge in [-0.05, 0) is 27.7 Å². The van der Waals surface area contributed by atoms with Crippen molar-refractivity contribution < 1.29 is 34.5 Å². The fraction of sp³-hybridized carbons (Fsp3) is 1.00. The van der Waals surface area contributed by atoms with Crippen molar-refractivity contribution >= 4 is 36.3 Å². The molecule has 0 radical (unpaired) electrons. The zero-order chi connectivity index (χ0) is 17.7. The van der Waals surface area contributed by atoms with Gasteiger partial charge in [0.05, 0.1) is 0 Å². The quantitative estimate of drug-likeness (QED) is 0.357. The van der Waals surface area contributed by atoms with Gasteiger partial charge in [0.1, 0.15) is 23.0 Å². The minimum Gasteiger partial charge on any atom is -0.418 e. The summed E-state index contributed by atoms with van der Waals surface area (Å²) in [6.07, 6.45) is 0. The second-order valence-corrected chi connectivity index (χ2v) is 9.19. The summed E-state index contributed by atoms with van der Waals surface area (Å²) in [5.74, 6) is 5.61. The molecule has 0 aromatic rings. The molecule has 0 atom stereocenters. The van der Waals surface area contributed by atoms with Crippen LogP contribution in [0.2, 0.25) is 0 Å². The van der Waals surface area contributed by atoms with Crippen LogP contribution in [0.1, 0.15) is 27.7 Å². The highest BCUT2D eigenvalue weighted by atomic mass is 32.3. The monoisotopic (exact) mass is 368 g/mol. The topological polar surface area (TPSA) is 0 Å². The average molecular weight is 368 g/mol. The molecule has 0 amide bonds. The van der Waals surface area contributed by atoms with Gasteiger partial charge in [-0.2, -0.15) is 0 Å². The van der Waals surface area contributed by atoms with Gasteiger partial charge in [-0.3, -0.25) is 0 Å². The Morgan fingerprint density at radius 1 is 0.524 bits per heavy atom. The van der Waals surface area contributed by atoms with Gasteiger partial charge in [-0.1, -0.05) is 0 Å². The lowest BCUT2D eigenvalue weighted by Crippen LogP contribution is -2.23. The highest BCUT2D eigenvalue weighted by Crippen LogP contribution is 2.07. The maximum absolute atomic E-state index is 9.75. The molecule has 132 valence electrons. The molecule has 0 aliphatic carbocycles. The van der Waals surface area contributed by atoms with Gasteiger partial charge < -0.3 is 34.5 Å². The molecular formula is C9H22B2F8S2. The molecule has 0 bridgehead atoms. The van der Waals surface area contributed by atoms with Gasteiger partial charge in [-0.25, -0.2) is 0 Å². The van der Waals surface area contributed by atoms with E-state index in [1.54, 1.807) is 0 Å². The molecule has 12 heteroatoms. The minimum atomic E-state index is -6.00. The average Bonchev–Trinajstić information content (AvgIpc) is 2.26. The predicted molar refractivity (Wildman–Crippen MR) is 82.1 cm³/mol. The summed E-state index contributed by atoms with van der Waals surface area (Å²) < 4.78 is 78.0. The van der Waals surface area contributed by atoms with Crippen molar-refractivity contribution in [1.29, 1.82) is 0 Å². The van der Waals surface area contributed by atoms with Crippen LogP contribution in [0, 0.1) is 0 Å². The normalized spacial score (nSPS) is 11.7. The number of hydrogen-bond donors (Lipinski definition) is 0. The van der Waals surface area contributed by atoms with Crippen molar-refractivity contribution in [1.82, 2.24) is 0 Å². The van der Waals surface area contributed by atoms with Crippen molar-refractivity contribution in [3.05, 3.63) is 0 Å². The molecule has 21 heavy (non-hydrogen) atoms. The Bertz CT molecular complexity index is 183. The van der Waals surface area contributed by atoms with Crippen molar-refractivity contribution in [2.75, 3.05) is 28.1 Å². The molecule has 0 aliphatic rings. The highest BCUT2D eigenvalue weighted by Gasteiger charge is 2.24. The molecular weight excluding hydrogens is 346 g/mol. The standard InChI is InChI=1S/C9H22S2.2BF4/c1-5-10(6-2)9-11(7-3)8-4;2*2-1(3,4)5/h5-9H2,1-4H3;;/q+2;2*-1. The Balaban J connectivity index is -0.000000270. The SMILES string of the molecule is CC[S+](CC)C[S+](CC)CC.F[B-](F)(F)F.F[B-](F)(F)F. The second kappa shape index (κ2) is 13.9. The van der Waals surface area contributed by atoms with Gasteiger partial charge in [0, 0.05) is 21.8 Å². The molecule has 0 heterocycles. The molecule has 0 unspecified atom stereocenters. The van der Waals surface area contributed by atoms with Crippen molar-refractivity contribution in [2.24, 2.45) is 0 Å². The number of rotatable bonds is 6. The summed E-state index contributed by atoms with van der Waals surface area (Å²) >= 11 is 0. The van der Waals surface area contributed by atoms with E-state index in [1.165, 1.54) is 28.1 Å². The lowest BCUT2D eigenvalue weighted by atomic mass is 10.3. The van der Waals surface area contributed by atoms with Crippen LogP contribution < -0.4 is 0 Å². The fourth-order valence-electron chi connectivity index (χ4n) is 0.977. The van der Waals surface area contributed by atoms with Gasteiger partial charge in [0.15, 0.2) is 0 Å². The highest BCUT2D eigenvalue weighted by molar-refractivity contribution is 8.13. The molecule has 0 N–H and O–H groups in total. The van der Waals surface area contributed by atoms with Crippen molar-refractivity contribution in [3.63, 3.8) is 0 Å². The maximum atomic E-state index is 9.75. The molecule has 0 aromatic carbocycles. The largest absolute Gasteiger partial charge is 0.673 e. The van der Waals surface area contributed by atoms with Gasteiger partial charge in [-0.15, -0.1) is 0 Å². The van der Waals surface area contributed by atoms with Crippen molar-refractivity contribution in [2.45, 2.75) is 27.7 Å². The third-order valence-corrected chi connectivity index (χ3v) is 7.90. The summed E-state index contributed by atoms with van der Waals surface area (Å²) in [5, 5.41) is 1.51. The summed E-state index contributed by atoms with van der Waals surface area (Å²) in [5.41, 5.74) is 0. The first-order chi connectivity index (χ1) is 9.28. The van der Waals surface area contributed by atoms with Crippen LogP contribution in [0.3, 0.4) is 0 Å². The second-order valence-electron chi connectivity index (χ2n) is 3.49. The van der Waals surface area contributed by atoms with Gasteiger partial charge in [0.25, 0.3) is 5.08 Å². The Morgan fingerprint density at radius 2 is 0.667 bits per heavy atom. The Hall–Kier alpha value is 0.270. The molecule has 0 aliphatic heterocycles. The van der Waals surface area contributed by atoms with E-state index >= 15 is 0 Å². The smallest absolute Gasteiger partial charge is 0.418 e. The van der Waals surface area contributed by atoms with E-state index in [4.69, 9.17) is 0 Å². The Morgan fingerprint density at radius 3 is 0.762 bits per heavy atom. The summed E-state index contributed by atoms with van der Waals surface area (Å²) in [7, 11) is -10.5. The van der Waals surface area contributed by atoms with Crippen LogP contribution in [0.15, 0.2) is 0 Å². The molecule has 0 saturated carbocycles. The lowest BCUT2D eigenvalue weighted by molar-refractivity contribution is 0.366. The predicted octanol–water partition coefficient (Wildman–Crippen LogP) is 4.86. The minimum absolute atomic E-state index is 0.744. The molecule has 0 spiro atoms. The van der Waals surface area contributed by atoms with E-state index in [9.17, 15) is 34.5 Å². The van der Waals surface area contributed by atoms with E-state index < -0.39 is 14.5 Å². The summed E-state index contributed by atoms with van der Waals surface area (Å²) in [6, 6.07) is 0. The fourth-order valence-corrected chi connectivity index (χ4v) is 6.35. The maximum Gasteiger partial charge on any atom is 0.673 e. The van der Waals surface area contributed by atoms with Crippen molar-refractivity contribution in [3.8, 4) is 0 Å². The van der Waals surface area contributed by atoms with E-state index in [0.717, 1.165) is 21.8 Å². The van der Waals surface area contributed by atoms with Crippen LogP contribution in [-0.4, -0.2) is 42.6 Å². The molecule has 0 fully saturated rings. The van der Waals surface area contributed by atoms with E-state index in [1.807, 2.05) is 0 Å². The number of halogens is 8. The Kier molecular flexibility index (Phi) is 17.3. The van der Waals surface area contributed by atoms with Crippen LogP contribution >= 0.6 is 0 Å². The van der Waals surface area contributed by atoms with E-state index in [-0.39, 0.29) is 0 Å². The Labute approximate surface area is 127 Å². The van der Waals surface area contributed by atoms with Crippen LogP contribution in [0.25, 0.3) is 0 Å². The van der Waals surface area contributed by atoms with E-state index in [0.29, 0.717) is 0 Å². The third-order valence-electron chi connectivity index (χ3n) is 1.97. The first kappa shape index (κ1) is 26.2. The molecule has 0 nitrogen and oxygen atoms in total. The molecule has 0 saturated heterocycles. The van der Waals surface area contributed by atoms with Crippen LogP contribution in [0.5, 0.6) is 0 Å². The van der Waals surface area contributed by atoms with Crippen LogP contribution in [-0.2, 0) is 21.8 Å². The van der Waals surface area contributed by atoms with Crippen LogP contribution in [0.4, 0.5) is 34.5 Å². The zero-order valence-corrected chi connectivity index (χ0v) is 14.2. The lowest BCUT2D eigenvalue weighted by Gasteiger charge is -2.04. The molecule has 0 aromatic heterocycles.